The van der Waals surface area contributed by atoms with Crippen LogP contribution in [-0.4, -0.2) is 30.2 Å². The Morgan fingerprint density at radius 1 is 1.38 bits per heavy atom. The summed E-state index contributed by atoms with van der Waals surface area (Å²) in [5.74, 6) is -0.184. The van der Waals surface area contributed by atoms with Crippen molar-refractivity contribution in [1.82, 2.24) is 0 Å². The van der Waals surface area contributed by atoms with Crippen molar-refractivity contribution >= 4 is 0 Å². The molecular weight excluding hydrogens is 204 g/mol. The molecule has 0 aromatic rings. The molecule has 3 heteroatoms. The van der Waals surface area contributed by atoms with Crippen LogP contribution in [0.1, 0.15) is 38.5 Å². The Balaban J connectivity index is 1.92. The van der Waals surface area contributed by atoms with E-state index >= 15 is 0 Å². The number of aliphatic hydroxyl groups is 1. The molecule has 92 valence electrons. The van der Waals surface area contributed by atoms with Crippen LogP contribution >= 0.6 is 0 Å². The van der Waals surface area contributed by atoms with E-state index in [4.69, 9.17) is 9.47 Å². The third-order valence-electron chi connectivity index (χ3n) is 3.72. The third kappa shape index (κ3) is 2.47. The minimum atomic E-state index is -0.322. The van der Waals surface area contributed by atoms with Crippen LogP contribution < -0.4 is 0 Å². The molecule has 0 amide bonds. The van der Waals surface area contributed by atoms with Gasteiger partial charge in [0.05, 0.1) is 12.7 Å². The van der Waals surface area contributed by atoms with Gasteiger partial charge in [-0.2, -0.15) is 0 Å². The maximum absolute atomic E-state index is 9.32. The first-order valence-electron chi connectivity index (χ1n) is 6.33. The summed E-state index contributed by atoms with van der Waals surface area (Å²) >= 11 is 0. The zero-order chi connectivity index (χ0) is 11.4. The minimum absolute atomic E-state index is 0.0427. The molecule has 2 aliphatic rings. The van der Waals surface area contributed by atoms with E-state index in [-0.39, 0.29) is 24.4 Å². The van der Waals surface area contributed by atoms with Crippen LogP contribution in [0.3, 0.4) is 0 Å². The highest BCUT2D eigenvalue weighted by Crippen LogP contribution is 2.39. The normalized spacial score (nSPS) is 30.4. The van der Waals surface area contributed by atoms with Gasteiger partial charge in [-0.25, -0.2) is 0 Å². The first kappa shape index (κ1) is 12.1. The van der Waals surface area contributed by atoms with Crippen LogP contribution in [0.15, 0.2) is 12.7 Å². The molecule has 1 saturated heterocycles. The van der Waals surface area contributed by atoms with E-state index in [1.807, 2.05) is 6.08 Å². The quantitative estimate of drug-likeness (QED) is 0.747. The van der Waals surface area contributed by atoms with Gasteiger partial charge in [-0.3, -0.25) is 0 Å². The Labute approximate surface area is 97.4 Å². The third-order valence-corrected chi connectivity index (χ3v) is 3.72. The van der Waals surface area contributed by atoms with Crippen LogP contribution in [-0.2, 0) is 9.47 Å². The van der Waals surface area contributed by atoms with Gasteiger partial charge in [0.25, 0.3) is 0 Å². The van der Waals surface area contributed by atoms with Crippen molar-refractivity contribution < 1.29 is 14.6 Å². The molecule has 1 spiro atoms. The smallest absolute Gasteiger partial charge is 0.168 e. The second-order valence-corrected chi connectivity index (χ2v) is 4.91. The summed E-state index contributed by atoms with van der Waals surface area (Å²) in [7, 11) is 0. The maximum Gasteiger partial charge on any atom is 0.168 e. The zero-order valence-corrected chi connectivity index (χ0v) is 9.86. The van der Waals surface area contributed by atoms with Gasteiger partial charge in [-0.1, -0.05) is 12.5 Å². The number of hydrogen-bond acceptors (Lipinski definition) is 3. The molecule has 16 heavy (non-hydrogen) atoms. The Kier molecular flexibility index (Phi) is 4.00. The van der Waals surface area contributed by atoms with Crippen LogP contribution in [0.4, 0.5) is 0 Å². The lowest BCUT2D eigenvalue weighted by Gasteiger charge is -2.32. The van der Waals surface area contributed by atoms with Crippen molar-refractivity contribution in [2.75, 3.05) is 13.2 Å². The molecular formula is C13H22O3. The van der Waals surface area contributed by atoms with E-state index in [0.717, 1.165) is 19.3 Å². The Morgan fingerprint density at radius 2 is 2.12 bits per heavy atom. The van der Waals surface area contributed by atoms with Crippen molar-refractivity contribution in [3.63, 3.8) is 0 Å². The highest BCUT2D eigenvalue weighted by molar-refractivity contribution is 4.87. The summed E-state index contributed by atoms with van der Waals surface area (Å²) in [5, 5.41) is 9.32. The van der Waals surface area contributed by atoms with Crippen molar-refractivity contribution in [2.24, 2.45) is 5.92 Å². The van der Waals surface area contributed by atoms with Crippen molar-refractivity contribution in [3.05, 3.63) is 12.7 Å². The van der Waals surface area contributed by atoms with E-state index < -0.39 is 0 Å². The van der Waals surface area contributed by atoms with Gasteiger partial charge < -0.3 is 14.6 Å². The second-order valence-electron chi connectivity index (χ2n) is 4.91. The predicted molar refractivity (Wildman–Crippen MR) is 62.0 cm³/mol. The van der Waals surface area contributed by atoms with E-state index in [9.17, 15) is 5.11 Å². The average Bonchev–Trinajstić information content (AvgIpc) is 2.71. The van der Waals surface area contributed by atoms with Crippen LogP contribution in [0, 0.1) is 5.92 Å². The summed E-state index contributed by atoms with van der Waals surface area (Å²) in [6.45, 7) is 4.49. The molecule has 1 aliphatic carbocycles. The monoisotopic (exact) mass is 226 g/mol. The SMILES string of the molecule is C=CC[C@@H](CO)[C@@H]1COC2(CCCCC2)O1. The topological polar surface area (TPSA) is 38.7 Å². The van der Waals surface area contributed by atoms with Crippen molar-refractivity contribution in [1.29, 1.82) is 0 Å². The molecule has 1 saturated carbocycles. The first-order valence-corrected chi connectivity index (χ1v) is 6.33. The molecule has 1 heterocycles. The fraction of sp³-hybridized carbons (Fsp3) is 0.846. The van der Waals surface area contributed by atoms with E-state index in [2.05, 4.69) is 6.58 Å². The van der Waals surface area contributed by atoms with Crippen LogP contribution in [0.5, 0.6) is 0 Å². The molecule has 1 N–H and O–H groups in total. The summed E-state index contributed by atoms with van der Waals surface area (Å²) in [6.07, 6.45) is 8.37. The van der Waals surface area contributed by atoms with Crippen LogP contribution in [0.2, 0.25) is 0 Å². The fourth-order valence-electron chi connectivity index (χ4n) is 2.72. The lowest BCUT2D eigenvalue weighted by Crippen LogP contribution is -2.35. The Bertz CT molecular complexity index is 233. The van der Waals surface area contributed by atoms with Crippen LogP contribution in [0.25, 0.3) is 0 Å². The average molecular weight is 226 g/mol. The predicted octanol–water partition coefficient (Wildman–Crippen LogP) is 2.25. The van der Waals surface area contributed by atoms with Crippen molar-refractivity contribution in [3.8, 4) is 0 Å². The lowest BCUT2D eigenvalue weighted by molar-refractivity contribution is -0.192. The van der Waals surface area contributed by atoms with E-state index in [1.54, 1.807) is 0 Å². The number of aliphatic hydroxyl groups excluding tert-OH is 1. The summed E-state index contributed by atoms with van der Waals surface area (Å²) in [4.78, 5) is 0. The summed E-state index contributed by atoms with van der Waals surface area (Å²) in [6, 6.07) is 0. The van der Waals surface area contributed by atoms with E-state index in [1.165, 1.54) is 19.3 Å². The lowest BCUT2D eigenvalue weighted by atomic mass is 9.94. The second kappa shape index (κ2) is 5.30. The highest BCUT2D eigenvalue weighted by Gasteiger charge is 2.44. The molecule has 0 aromatic carbocycles. The molecule has 0 bridgehead atoms. The Hall–Kier alpha value is -0.380. The standard InChI is InChI=1S/C13H22O3/c1-2-6-11(9-14)12-10-15-13(16-12)7-4-3-5-8-13/h2,11-12,14H,1,3-10H2/t11-,12-/m0/s1. The van der Waals surface area contributed by atoms with Gasteiger partial charge in [0.1, 0.15) is 0 Å². The molecule has 3 nitrogen and oxygen atoms in total. The van der Waals surface area contributed by atoms with Gasteiger partial charge in [0, 0.05) is 25.4 Å². The van der Waals surface area contributed by atoms with E-state index in [0.29, 0.717) is 6.61 Å². The molecule has 0 radical (unpaired) electrons. The fourth-order valence-corrected chi connectivity index (χ4v) is 2.72. The Morgan fingerprint density at radius 3 is 2.75 bits per heavy atom. The number of rotatable bonds is 4. The first-order chi connectivity index (χ1) is 7.79. The van der Waals surface area contributed by atoms with Crippen molar-refractivity contribution in [2.45, 2.75) is 50.4 Å². The molecule has 2 fully saturated rings. The molecule has 1 aliphatic heterocycles. The molecule has 0 aromatic heterocycles. The van der Waals surface area contributed by atoms with Gasteiger partial charge in [-0.05, 0) is 19.3 Å². The number of allylic oxidation sites excluding steroid dienone is 1. The molecule has 0 unspecified atom stereocenters. The maximum atomic E-state index is 9.32. The summed E-state index contributed by atoms with van der Waals surface area (Å²) < 4.78 is 11.9. The number of ether oxygens (including phenoxy) is 2. The minimum Gasteiger partial charge on any atom is -0.396 e. The molecule has 2 rings (SSSR count). The van der Waals surface area contributed by atoms with Gasteiger partial charge in [0.15, 0.2) is 5.79 Å². The molecule has 2 atom stereocenters. The zero-order valence-electron chi connectivity index (χ0n) is 9.86. The van der Waals surface area contributed by atoms with Gasteiger partial charge >= 0.3 is 0 Å². The van der Waals surface area contributed by atoms with Gasteiger partial charge in [-0.15, -0.1) is 6.58 Å². The number of hydrogen-bond donors (Lipinski definition) is 1. The van der Waals surface area contributed by atoms with Gasteiger partial charge in [0.2, 0.25) is 0 Å². The highest BCUT2D eigenvalue weighted by atomic mass is 16.7. The summed E-state index contributed by atoms with van der Waals surface area (Å²) in [5.41, 5.74) is 0. The largest absolute Gasteiger partial charge is 0.396 e.